The summed E-state index contributed by atoms with van der Waals surface area (Å²) in [6, 6.07) is 1.01. The van der Waals surface area contributed by atoms with E-state index < -0.39 is 0 Å². The van der Waals surface area contributed by atoms with Crippen LogP contribution in [0.15, 0.2) is 0 Å². The van der Waals surface area contributed by atoms with Crippen molar-refractivity contribution < 1.29 is 4.79 Å². The summed E-state index contributed by atoms with van der Waals surface area (Å²) in [6.45, 7) is 5.58. The number of hydrogen-bond acceptors (Lipinski definition) is 3. The number of amides is 1. The van der Waals surface area contributed by atoms with Gasteiger partial charge in [0.15, 0.2) is 0 Å². The van der Waals surface area contributed by atoms with E-state index in [1.807, 2.05) is 0 Å². The maximum absolute atomic E-state index is 12.6. The van der Waals surface area contributed by atoms with Crippen LogP contribution >= 0.6 is 12.4 Å². The van der Waals surface area contributed by atoms with Crippen LogP contribution in [0, 0.1) is 0 Å². The molecule has 2 saturated heterocycles. The smallest absolute Gasteiger partial charge is 0.237 e. The molecule has 0 aromatic carbocycles. The Kier molecular flexibility index (Phi) is 8.60. The Labute approximate surface area is 135 Å². The van der Waals surface area contributed by atoms with Gasteiger partial charge in [-0.25, -0.2) is 0 Å². The number of rotatable bonds is 5. The van der Waals surface area contributed by atoms with Crippen LogP contribution in [-0.4, -0.2) is 54.0 Å². The van der Waals surface area contributed by atoms with Crippen molar-refractivity contribution in [1.82, 2.24) is 9.80 Å². The Morgan fingerprint density at radius 3 is 2.43 bits per heavy atom. The molecule has 2 N–H and O–H groups in total. The van der Waals surface area contributed by atoms with Gasteiger partial charge in [-0.1, -0.05) is 13.3 Å². The predicted octanol–water partition coefficient (Wildman–Crippen LogP) is 2.40. The zero-order valence-electron chi connectivity index (χ0n) is 13.4. The third-order valence-corrected chi connectivity index (χ3v) is 5.01. The first-order valence-electron chi connectivity index (χ1n) is 8.49. The standard InChI is InChI=1S/C16H31N3O.ClH/c1-2-14-7-4-6-12-19(14)16(20)13-18-11-5-3-8-15(18)9-10-17;/h14-15H,2-13,17H2,1H3;1H. The summed E-state index contributed by atoms with van der Waals surface area (Å²) in [4.78, 5) is 17.2. The van der Waals surface area contributed by atoms with Crippen molar-refractivity contribution in [1.29, 1.82) is 0 Å². The van der Waals surface area contributed by atoms with Crippen LogP contribution in [0.3, 0.4) is 0 Å². The summed E-state index contributed by atoms with van der Waals surface area (Å²) < 4.78 is 0. The molecule has 4 nitrogen and oxygen atoms in total. The number of piperidine rings is 2. The lowest BCUT2D eigenvalue weighted by Gasteiger charge is -2.40. The third-order valence-electron chi connectivity index (χ3n) is 5.01. The minimum absolute atomic E-state index is 0. The summed E-state index contributed by atoms with van der Waals surface area (Å²) >= 11 is 0. The second kappa shape index (κ2) is 9.65. The molecule has 2 unspecified atom stereocenters. The number of halogens is 1. The van der Waals surface area contributed by atoms with Gasteiger partial charge in [0.25, 0.3) is 0 Å². The molecule has 0 spiro atoms. The van der Waals surface area contributed by atoms with Crippen LogP contribution in [0.4, 0.5) is 0 Å². The fourth-order valence-electron chi connectivity index (χ4n) is 3.81. The van der Waals surface area contributed by atoms with Gasteiger partial charge >= 0.3 is 0 Å². The molecule has 2 aliphatic heterocycles. The Balaban J connectivity index is 0.00000220. The highest BCUT2D eigenvalue weighted by Gasteiger charge is 2.29. The Morgan fingerprint density at radius 1 is 1.10 bits per heavy atom. The molecule has 0 aromatic heterocycles. The number of nitrogens with two attached hydrogens (primary N) is 1. The minimum atomic E-state index is 0. The molecule has 2 aliphatic rings. The largest absolute Gasteiger partial charge is 0.339 e. The third kappa shape index (κ3) is 5.11. The molecule has 124 valence electrons. The Morgan fingerprint density at radius 2 is 1.76 bits per heavy atom. The van der Waals surface area contributed by atoms with Crippen LogP contribution in [0.2, 0.25) is 0 Å². The van der Waals surface area contributed by atoms with Crippen molar-refractivity contribution in [3.05, 3.63) is 0 Å². The predicted molar refractivity (Wildman–Crippen MR) is 89.8 cm³/mol. The van der Waals surface area contributed by atoms with Gasteiger partial charge in [0, 0.05) is 18.6 Å². The molecule has 0 saturated carbocycles. The number of hydrogen-bond donors (Lipinski definition) is 1. The normalized spacial score (nSPS) is 27.2. The lowest BCUT2D eigenvalue weighted by Crippen LogP contribution is -2.51. The number of likely N-dealkylation sites (tertiary alicyclic amines) is 2. The molecule has 2 heterocycles. The maximum Gasteiger partial charge on any atom is 0.237 e. The van der Waals surface area contributed by atoms with Gasteiger partial charge in [0.05, 0.1) is 6.54 Å². The van der Waals surface area contributed by atoms with Crippen LogP contribution < -0.4 is 5.73 Å². The van der Waals surface area contributed by atoms with Crippen molar-refractivity contribution in [2.24, 2.45) is 5.73 Å². The number of nitrogens with zero attached hydrogens (tertiary/aromatic N) is 2. The molecule has 0 radical (unpaired) electrons. The molecule has 2 fully saturated rings. The molecule has 0 aliphatic carbocycles. The van der Waals surface area contributed by atoms with Crippen LogP contribution in [-0.2, 0) is 4.79 Å². The van der Waals surface area contributed by atoms with Gasteiger partial charge in [0.2, 0.25) is 5.91 Å². The topological polar surface area (TPSA) is 49.6 Å². The zero-order valence-corrected chi connectivity index (χ0v) is 14.2. The molecule has 5 heteroatoms. The minimum Gasteiger partial charge on any atom is -0.339 e. The van der Waals surface area contributed by atoms with E-state index in [4.69, 9.17) is 5.73 Å². The van der Waals surface area contributed by atoms with Gasteiger partial charge in [-0.05, 0) is 58.0 Å². The van der Waals surface area contributed by atoms with Crippen LogP contribution in [0.1, 0.15) is 58.3 Å². The summed E-state index contributed by atoms with van der Waals surface area (Å²) in [5.41, 5.74) is 5.72. The maximum atomic E-state index is 12.6. The molecule has 2 rings (SSSR count). The van der Waals surface area contributed by atoms with Gasteiger partial charge in [0.1, 0.15) is 0 Å². The van der Waals surface area contributed by atoms with Gasteiger partial charge in [-0.2, -0.15) is 0 Å². The average Bonchev–Trinajstić information content (AvgIpc) is 2.49. The zero-order chi connectivity index (χ0) is 14.4. The summed E-state index contributed by atoms with van der Waals surface area (Å²) in [5.74, 6) is 0.348. The molecule has 21 heavy (non-hydrogen) atoms. The molecular weight excluding hydrogens is 286 g/mol. The first-order chi connectivity index (χ1) is 9.76. The van der Waals surface area contributed by atoms with Crippen molar-refractivity contribution >= 4 is 18.3 Å². The van der Waals surface area contributed by atoms with Crippen LogP contribution in [0.25, 0.3) is 0 Å². The second-order valence-electron chi connectivity index (χ2n) is 6.34. The van der Waals surface area contributed by atoms with E-state index in [0.717, 1.165) is 32.5 Å². The summed E-state index contributed by atoms with van der Waals surface area (Å²) in [6.07, 6.45) is 9.50. The van der Waals surface area contributed by atoms with Crippen molar-refractivity contribution in [3.8, 4) is 0 Å². The lowest BCUT2D eigenvalue weighted by molar-refractivity contribution is -0.137. The number of carbonyl (C=O) groups is 1. The van der Waals surface area contributed by atoms with Gasteiger partial charge < -0.3 is 10.6 Å². The molecule has 1 amide bonds. The molecular formula is C16H32ClN3O. The van der Waals surface area contributed by atoms with E-state index >= 15 is 0 Å². The van der Waals surface area contributed by atoms with Crippen LogP contribution in [0.5, 0.6) is 0 Å². The molecule has 0 bridgehead atoms. The van der Waals surface area contributed by atoms with E-state index in [0.29, 0.717) is 24.5 Å². The quantitative estimate of drug-likeness (QED) is 0.847. The SMILES string of the molecule is CCC1CCCCN1C(=O)CN1CCCCC1CCN.Cl. The van der Waals surface area contributed by atoms with E-state index in [-0.39, 0.29) is 12.4 Å². The average molecular weight is 318 g/mol. The van der Waals surface area contributed by atoms with E-state index in [1.165, 1.54) is 38.5 Å². The lowest BCUT2D eigenvalue weighted by atomic mass is 9.98. The molecule has 2 atom stereocenters. The highest BCUT2D eigenvalue weighted by Crippen LogP contribution is 2.22. The first kappa shape index (κ1) is 18.7. The van der Waals surface area contributed by atoms with Gasteiger partial charge in [-0.3, -0.25) is 9.69 Å². The van der Waals surface area contributed by atoms with E-state index in [9.17, 15) is 4.79 Å². The Bertz CT molecular complexity index is 312. The highest BCUT2D eigenvalue weighted by atomic mass is 35.5. The highest BCUT2D eigenvalue weighted by molar-refractivity contribution is 5.85. The fraction of sp³-hybridized carbons (Fsp3) is 0.938. The van der Waals surface area contributed by atoms with E-state index in [2.05, 4.69) is 16.7 Å². The van der Waals surface area contributed by atoms with Crippen molar-refractivity contribution in [2.75, 3.05) is 26.2 Å². The first-order valence-corrected chi connectivity index (χ1v) is 8.49. The molecule has 0 aromatic rings. The van der Waals surface area contributed by atoms with Crippen molar-refractivity contribution in [2.45, 2.75) is 70.4 Å². The second-order valence-corrected chi connectivity index (χ2v) is 6.34. The Hall–Kier alpha value is -0.320. The monoisotopic (exact) mass is 317 g/mol. The number of carbonyl (C=O) groups excluding carboxylic acids is 1. The van der Waals surface area contributed by atoms with Crippen molar-refractivity contribution in [3.63, 3.8) is 0 Å². The van der Waals surface area contributed by atoms with E-state index in [1.54, 1.807) is 0 Å². The van der Waals surface area contributed by atoms with Gasteiger partial charge in [-0.15, -0.1) is 12.4 Å². The summed E-state index contributed by atoms with van der Waals surface area (Å²) in [5, 5.41) is 0. The summed E-state index contributed by atoms with van der Waals surface area (Å²) in [7, 11) is 0. The fourth-order valence-corrected chi connectivity index (χ4v) is 3.81.